The summed E-state index contributed by atoms with van der Waals surface area (Å²) < 4.78 is 11.6. The van der Waals surface area contributed by atoms with Crippen LogP contribution in [0.4, 0.5) is 0 Å². The first kappa shape index (κ1) is 18.3. The summed E-state index contributed by atoms with van der Waals surface area (Å²) in [6.45, 7) is 4.50. The fraction of sp³-hybridized carbons (Fsp3) is 0.750. The lowest BCUT2D eigenvalue weighted by molar-refractivity contribution is -0.164. The molecule has 6 rings (SSSR count). The largest absolute Gasteiger partial charge is 0.431 e. The maximum absolute atomic E-state index is 13.8. The van der Waals surface area contributed by atoms with Crippen molar-refractivity contribution in [1.82, 2.24) is 0 Å². The van der Waals surface area contributed by atoms with E-state index in [1.807, 2.05) is 6.07 Å². The minimum absolute atomic E-state index is 0.0535. The Kier molecular flexibility index (Phi) is 3.55. The van der Waals surface area contributed by atoms with Crippen molar-refractivity contribution in [2.75, 3.05) is 0 Å². The molecule has 5 nitrogen and oxygen atoms in total. The first-order valence-electron chi connectivity index (χ1n) is 11.3. The molecule has 0 amide bonds. The van der Waals surface area contributed by atoms with Gasteiger partial charge in [0.15, 0.2) is 0 Å². The van der Waals surface area contributed by atoms with Crippen LogP contribution in [0.3, 0.4) is 0 Å². The average Bonchev–Trinajstić information content (AvgIpc) is 3.35. The molecular weight excluding hydrogens is 368 g/mol. The molecule has 9 unspecified atom stereocenters. The lowest BCUT2D eigenvalue weighted by Gasteiger charge is -2.60. The molecule has 4 aliphatic carbocycles. The Morgan fingerprint density at radius 2 is 1.90 bits per heavy atom. The Labute approximate surface area is 170 Å². The molecule has 156 valence electrons. The van der Waals surface area contributed by atoms with E-state index in [1.54, 1.807) is 6.26 Å². The highest BCUT2D eigenvalue weighted by Crippen LogP contribution is 2.76. The van der Waals surface area contributed by atoms with E-state index in [-0.39, 0.29) is 34.8 Å². The van der Waals surface area contributed by atoms with Crippen molar-refractivity contribution in [1.29, 1.82) is 0 Å². The van der Waals surface area contributed by atoms with Crippen LogP contribution in [0, 0.1) is 28.6 Å². The van der Waals surface area contributed by atoms with Crippen molar-refractivity contribution in [3.63, 3.8) is 0 Å². The normalized spacial score (nSPS) is 52.9. The molecule has 1 aliphatic heterocycles. The molecule has 0 radical (unpaired) electrons. The minimum Gasteiger partial charge on any atom is -0.431 e. The van der Waals surface area contributed by atoms with E-state index < -0.39 is 5.41 Å². The van der Waals surface area contributed by atoms with Gasteiger partial charge >= 0.3 is 5.63 Å². The van der Waals surface area contributed by atoms with Gasteiger partial charge in [-0.05, 0) is 80.2 Å². The summed E-state index contributed by atoms with van der Waals surface area (Å²) in [5.74, 6) is 1.65. The number of rotatable bonds is 1. The minimum atomic E-state index is -0.546. The first-order chi connectivity index (χ1) is 13.8. The Balaban J connectivity index is 1.40. The number of aliphatic hydroxyl groups excluding tert-OH is 1. The lowest BCUT2D eigenvalue weighted by Crippen LogP contribution is -2.61. The number of ketones is 1. The van der Waals surface area contributed by atoms with Gasteiger partial charge in [-0.25, -0.2) is 4.79 Å². The van der Waals surface area contributed by atoms with Crippen molar-refractivity contribution in [2.45, 2.75) is 82.5 Å². The number of epoxide rings is 1. The lowest BCUT2D eigenvalue weighted by atomic mass is 9.43. The van der Waals surface area contributed by atoms with Crippen LogP contribution >= 0.6 is 0 Å². The molecule has 0 bridgehead atoms. The van der Waals surface area contributed by atoms with Gasteiger partial charge in [0.05, 0.1) is 23.9 Å². The summed E-state index contributed by atoms with van der Waals surface area (Å²) in [5.41, 5.74) is -0.167. The van der Waals surface area contributed by atoms with Crippen LogP contribution in [-0.2, 0) is 9.53 Å². The summed E-state index contributed by atoms with van der Waals surface area (Å²) in [7, 11) is 0. The monoisotopic (exact) mass is 398 g/mol. The van der Waals surface area contributed by atoms with E-state index in [9.17, 15) is 14.7 Å². The number of ether oxygens (including phenoxy) is 1. The molecule has 1 aromatic rings. The van der Waals surface area contributed by atoms with Crippen molar-refractivity contribution < 1.29 is 19.1 Å². The van der Waals surface area contributed by atoms with E-state index in [0.717, 1.165) is 44.1 Å². The number of carbonyl (C=O) groups excluding carboxylic acids is 1. The van der Waals surface area contributed by atoms with Gasteiger partial charge in [-0.2, -0.15) is 0 Å². The summed E-state index contributed by atoms with van der Waals surface area (Å²) in [6, 6.07) is 3.30. The number of hydrogen-bond donors (Lipinski definition) is 1. The highest BCUT2D eigenvalue weighted by molar-refractivity contribution is 5.90. The zero-order valence-electron chi connectivity index (χ0n) is 17.2. The smallest absolute Gasteiger partial charge is 0.335 e. The Morgan fingerprint density at radius 3 is 2.66 bits per heavy atom. The summed E-state index contributed by atoms with van der Waals surface area (Å²) in [4.78, 5) is 25.2. The highest BCUT2D eigenvalue weighted by atomic mass is 16.6. The van der Waals surface area contributed by atoms with Crippen LogP contribution in [0.15, 0.2) is 27.6 Å². The molecule has 1 saturated heterocycles. The summed E-state index contributed by atoms with van der Waals surface area (Å²) in [5, 5.41) is 10.2. The van der Waals surface area contributed by atoms with Gasteiger partial charge in [-0.15, -0.1) is 0 Å². The summed E-state index contributed by atoms with van der Waals surface area (Å²) >= 11 is 0. The predicted octanol–water partition coefficient (Wildman–Crippen LogP) is 3.44. The Morgan fingerprint density at radius 1 is 1.07 bits per heavy atom. The van der Waals surface area contributed by atoms with Crippen LogP contribution in [0.1, 0.15) is 70.3 Å². The number of fused-ring (bicyclic) bond motifs is 3. The molecule has 2 heterocycles. The van der Waals surface area contributed by atoms with Gasteiger partial charge in [0.2, 0.25) is 0 Å². The molecule has 5 aliphatic rings. The highest BCUT2D eigenvalue weighted by Gasteiger charge is 2.83. The molecule has 1 spiro atoms. The topological polar surface area (TPSA) is 80.0 Å². The number of Topliss-reactive ketones (excluding diaryl/α,β-unsaturated/α-hetero) is 1. The number of carbonyl (C=O) groups is 1. The molecule has 1 N–H and O–H groups in total. The third kappa shape index (κ3) is 2.09. The van der Waals surface area contributed by atoms with Crippen molar-refractivity contribution in [3.05, 3.63) is 34.4 Å². The average molecular weight is 398 g/mol. The fourth-order valence-electron chi connectivity index (χ4n) is 8.44. The van der Waals surface area contributed by atoms with Gasteiger partial charge < -0.3 is 14.3 Å². The zero-order chi connectivity index (χ0) is 20.2. The maximum atomic E-state index is 13.8. The van der Waals surface area contributed by atoms with Gasteiger partial charge in [0.25, 0.3) is 0 Å². The van der Waals surface area contributed by atoms with E-state index in [4.69, 9.17) is 9.15 Å². The van der Waals surface area contributed by atoms with Gasteiger partial charge in [-0.1, -0.05) is 6.92 Å². The predicted molar refractivity (Wildman–Crippen MR) is 105 cm³/mol. The number of hydrogen-bond acceptors (Lipinski definition) is 5. The van der Waals surface area contributed by atoms with Crippen molar-refractivity contribution >= 4 is 5.78 Å². The molecule has 1 aromatic heterocycles. The van der Waals surface area contributed by atoms with E-state index in [1.165, 1.54) is 6.07 Å². The van der Waals surface area contributed by atoms with Crippen LogP contribution in [-0.4, -0.2) is 28.7 Å². The summed E-state index contributed by atoms with van der Waals surface area (Å²) in [6.07, 6.45) is 7.92. The molecular formula is C24H30O5. The molecule has 5 fully saturated rings. The third-order valence-electron chi connectivity index (χ3n) is 10.0. The second kappa shape index (κ2) is 5.61. The van der Waals surface area contributed by atoms with Crippen LogP contribution in [0.25, 0.3) is 0 Å². The van der Waals surface area contributed by atoms with E-state index >= 15 is 0 Å². The molecule has 29 heavy (non-hydrogen) atoms. The quantitative estimate of drug-likeness (QED) is 0.733. The van der Waals surface area contributed by atoms with Gasteiger partial charge in [0, 0.05) is 18.4 Å². The zero-order valence-corrected chi connectivity index (χ0v) is 17.2. The standard InChI is InChI=1S/C24H30O5/c1-22-8-7-15(25)9-14(22)4-5-16-18(22)10-19(26)23(2)17(11-20-24(16,23)29-20)13-3-6-21(27)28-12-13/h3,6,12,14-18,20,25H,4-5,7-11H2,1-2H3. The van der Waals surface area contributed by atoms with Crippen LogP contribution < -0.4 is 5.63 Å². The Hall–Kier alpha value is -1.46. The van der Waals surface area contributed by atoms with E-state index in [0.29, 0.717) is 30.0 Å². The second-order valence-electron chi connectivity index (χ2n) is 10.8. The Bertz CT molecular complexity index is 917. The van der Waals surface area contributed by atoms with E-state index in [2.05, 4.69) is 13.8 Å². The molecule has 0 aromatic carbocycles. The van der Waals surface area contributed by atoms with Crippen LogP contribution in [0.5, 0.6) is 0 Å². The van der Waals surface area contributed by atoms with Gasteiger partial charge in [0.1, 0.15) is 11.4 Å². The fourth-order valence-corrected chi connectivity index (χ4v) is 8.44. The SMILES string of the molecule is CC12CCC(O)CC1CCC1C2CC(=O)C2(C)C(c3ccc(=O)oc3)CC3OC312. The first-order valence-corrected chi connectivity index (χ1v) is 11.3. The molecule has 9 atom stereocenters. The van der Waals surface area contributed by atoms with Crippen LogP contribution in [0.2, 0.25) is 0 Å². The van der Waals surface area contributed by atoms with Crippen molar-refractivity contribution in [3.8, 4) is 0 Å². The molecule has 4 saturated carbocycles. The number of aliphatic hydroxyl groups is 1. The second-order valence-corrected chi connectivity index (χ2v) is 10.8. The van der Waals surface area contributed by atoms with Gasteiger partial charge in [-0.3, -0.25) is 4.79 Å². The van der Waals surface area contributed by atoms with Crippen molar-refractivity contribution in [2.24, 2.45) is 28.6 Å². The molecule has 5 heteroatoms. The maximum Gasteiger partial charge on any atom is 0.335 e. The third-order valence-corrected chi connectivity index (χ3v) is 10.0.